The van der Waals surface area contributed by atoms with Crippen LogP contribution in [0, 0.1) is 17.0 Å². The molecular weight excluding hydrogens is 348 g/mol. The van der Waals surface area contributed by atoms with Crippen LogP contribution in [0.1, 0.15) is 15.9 Å². The first-order valence-corrected chi connectivity index (χ1v) is 7.43. The molecule has 25 heavy (non-hydrogen) atoms. The molecule has 0 aliphatic heterocycles. The van der Waals surface area contributed by atoms with E-state index in [1.54, 1.807) is 18.2 Å². The fraction of sp³-hybridized carbons (Fsp3) is 0.0667. The number of carbonyl (C=O) groups excluding carboxylic acids is 1. The fourth-order valence-electron chi connectivity index (χ4n) is 2.20. The van der Waals surface area contributed by atoms with Crippen molar-refractivity contribution in [2.24, 2.45) is 0 Å². The van der Waals surface area contributed by atoms with Crippen molar-refractivity contribution in [3.63, 3.8) is 0 Å². The summed E-state index contributed by atoms with van der Waals surface area (Å²) >= 11 is 5.99. The van der Waals surface area contributed by atoms with Crippen molar-refractivity contribution in [3.8, 4) is 5.69 Å². The SMILES string of the molecule is Cc1ccc(NC(=O)c2cc([N+](=O)[O-])ccc2Cl)cc1-n1cnnn1. The lowest BCUT2D eigenvalue weighted by atomic mass is 10.1. The van der Waals surface area contributed by atoms with Crippen LogP contribution in [0.2, 0.25) is 5.02 Å². The number of aromatic nitrogens is 4. The van der Waals surface area contributed by atoms with Gasteiger partial charge >= 0.3 is 0 Å². The van der Waals surface area contributed by atoms with E-state index in [1.807, 2.05) is 6.92 Å². The van der Waals surface area contributed by atoms with Gasteiger partial charge in [-0.3, -0.25) is 14.9 Å². The highest BCUT2D eigenvalue weighted by atomic mass is 35.5. The molecule has 10 heteroatoms. The van der Waals surface area contributed by atoms with Gasteiger partial charge in [0.05, 0.1) is 21.2 Å². The van der Waals surface area contributed by atoms with Gasteiger partial charge in [0.25, 0.3) is 11.6 Å². The Bertz CT molecular complexity index is 958. The summed E-state index contributed by atoms with van der Waals surface area (Å²) in [6.45, 7) is 1.88. The Labute approximate surface area is 146 Å². The van der Waals surface area contributed by atoms with Crippen LogP contribution in [0.25, 0.3) is 5.69 Å². The number of nitrogens with one attached hydrogen (secondary N) is 1. The Morgan fingerprint density at radius 1 is 1.28 bits per heavy atom. The van der Waals surface area contributed by atoms with Crippen LogP contribution < -0.4 is 5.32 Å². The van der Waals surface area contributed by atoms with Gasteiger partial charge in [0.15, 0.2) is 0 Å². The lowest BCUT2D eigenvalue weighted by Crippen LogP contribution is -2.13. The predicted molar refractivity (Wildman–Crippen MR) is 90.0 cm³/mol. The number of carbonyl (C=O) groups is 1. The van der Waals surface area contributed by atoms with Gasteiger partial charge in [-0.25, -0.2) is 4.68 Å². The van der Waals surface area contributed by atoms with E-state index in [9.17, 15) is 14.9 Å². The first kappa shape index (κ1) is 16.5. The molecule has 3 rings (SSSR count). The second-order valence-electron chi connectivity index (χ2n) is 5.13. The van der Waals surface area contributed by atoms with Crippen molar-refractivity contribution in [2.45, 2.75) is 6.92 Å². The molecule has 1 aromatic heterocycles. The van der Waals surface area contributed by atoms with Crippen molar-refractivity contribution < 1.29 is 9.72 Å². The summed E-state index contributed by atoms with van der Waals surface area (Å²) in [4.78, 5) is 22.7. The number of benzene rings is 2. The van der Waals surface area contributed by atoms with E-state index < -0.39 is 10.8 Å². The molecule has 0 fully saturated rings. The number of nitro benzene ring substituents is 1. The van der Waals surface area contributed by atoms with Gasteiger partial charge in [-0.15, -0.1) is 5.10 Å². The molecule has 0 atom stereocenters. The first-order chi connectivity index (χ1) is 12.0. The molecule has 0 aliphatic carbocycles. The highest BCUT2D eigenvalue weighted by Gasteiger charge is 2.16. The summed E-state index contributed by atoms with van der Waals surface area (Å²) in [5, 5.41) is 24.6. The maximum atomic E-state index is 12.4. The molecule has 0 aliphatic rings. The fourth-order valence-corrected chi connectivity index (χ4v) is 2.41. The third-order valence-electron chi connectivity index (χ3n) is 3.47. The number of aryl methyl sites for hydroxylation is 1. The van der Waals surface area contributed by atoms with E-state index >= 15 is 0 Å². The van der Waals surface area contributed by atoms with E-state index in [1.165, 1.54) is 23.1 Å². The predicted octanol–water partition coefficient (Wildman–Crippen LogP) is 2.78. The third kappa shape index (κ3) is 3.45. The molecule has 0 radical (unpaired) electrons. The molecule has 126 valence electrons. The first-order valence-electron chi connectivity index (χ1n) is 7.05. The summed E-state index contributed by atoms with van der Waals surface area (Å²) in [5.41, 5.74) is 1.86. The van der Waals surface area contributed by atoms with Crippen LogP contribution in [0.5, 0.6) is 0 Å². The largest absolute Gasteiger partial charge is 0.322 e. The Kier molecular flexibility index (Phi) is 4.40. The lowest BCUT2D eigenvalue weighted by molar-refractivity contribution is -0.384. The Hall–Kier alpha value is -3.33. The molecule has 2 aromatic carbocycles. The van der Waals surface area contributed by atoms with E-state index in [2.05, 4.69) is 20.8 Å². The number of tetrazole rings is 1. The number of nitrogens with zero attached hydrogens (tertiary/aromatic N) is 5. The maximum Gasteiger partial charge on any atom is 0.270 e. The van der Waals surface area contributed by atoms with Gasteiger partial charge in [-0.2, -0.15) is 0 Å². The van der Waals surface area contributed by atoms with Gasteiger partial charge in [-0.05, 0) is 41.1 Å². The van der Waals surface area contributed by atoms with E-state index in [-0.39, 0.29) is 16.3 Å². The minimum Gasteiger partial charge on any atom is -0.322 e. The highest BCUT2D eigenvalue weighted by Crippen LogP contribution is 2.24. The number of hydrogen-bond donors (Lipinski definition) is 1. The number of hydrogen-bond acceptors (Lipinski definition) is 6. The molecule has 1 N–H and O–H groups in total. The molecule has 0 bridgehead atoms. The molecule has 9 nitrogen and oxygen atoms in total. The van der Waals surface area contributed by atoms with Crippen LogP contribution in [0.4, 0.5) is 11.4 Å². The topological polar surface area (TPSA) is 116 Å². The minimum absolute atomic E-state index is 0.0143. The maximum absolute atomic E-state index is 12.4. The van der Waals surface area contributed by atoms with Crippen molar-refractivity contribution >= 4 is 28.9 Å². The van der Waals surface area contributed by atoms with Crippen LogP contribution in [-0.2, 0) is 0 Å². The van der Waals surface area contributed by atoms with Crippen molar-refractivity contribution in [1.82, 2.24) is 20.2 Å². The monoisotopic (exact) mass is 358 g/mol. The van der Waals surface area contributed by atoms with Gasteiger partial charge < -0.3 is 5.32 Å². The van der Waals surface area contributed by atoms with Crippen molar-refractivity contribution in [3.05, 3.63) is 69.0 Å². The minimum atomic E-state index is -0.588. The quantitative estimate of drug-likeness (QED) is 0.566. The Morgan fingerprint density at radius 2 is 2.08 bits per heavy atom. The van der Waals surface area contributed by atoms with E-state index in [0.29, 0.717) is 11.4 Å². The highest BCUT2D eigenvalue weighted by molar-refractivity contribution is 6.34. The van der Waals surface area contributed by atoms with Crippen LogP contribution in [0.3, 0.4) is 0 Å². The summed E-state index contributed by atoms with van der Waals surface area (Å²) in [6.07, 6.45) is 1.44. The summed E-state index contributed by atoms with van der Waals surface area (Å²) < 4.78 is 1.46. The van der Waals surface area contributed by atoms with E-state index in [0.717, 1.165) is 11.6 Å². The number of halogens is 1. The Balaban J connectivity index is 1.90. The average molecular weight is 359 g/mol. The van der Waals surface area contributed by atoms with Gasteiger partial charge in [0, 0.05) is 17.8 Å². The number of rotatable bonds is 4. The van der Waals surface area contributed by atoms with Crippen molar-refractivity contribution in [2.75, 3.05) is 5.32 Å². The zero-order valence-corrected chi connectivity index (χ0v) is 13.6. The van der Waals surface area contributed by atoms with Crippen LogP contribution >= 0.6 is 11.6 Å². The number of amides is 1. The van der Waals surface area contributed by atoms with E-state index in [4.69, 9.17) is 11.6 Å². The Morgan fingerprint density at radius 3 is 2.76 bits per heavy atom. The smallest absolute Gasteiger partial charge is 0.270 e. The molecule has 0 unspecified atom stereocenters. The standard InChI is InChI=1S/C15H11ClN6O3/c1-9-2-3-10(6-14(9)21-8-17-19-20-21)18-15(23)12-7-11(22(24)25)4-5-13(12)16/h2-8H,1H3,(H,18,23). The summed E-state index contributed by atoms with van der Waals surface area (Å²) in [5.74, 6) is -0.555. The molecular formula is C15H11ClN6O3. The number of non-ortho nitro benzene ring substituents is 1. The number of anilines is 1. The second-order valence-corrected chi connectivity index (χ2v) is 5.54. The normalized spacial score (nSPS) is 10.5. The molecule has 0 saturated heterocycles. The van der Waals surface area contributed by atoms with Gasteiger partial charge in [0.1, 0.15) is 6.33 Å². The molecule has 0 saturated carbocycles. The van der Waals surface area contributed by atoms with Gasteiger partial charge in [-0.1, -0.05) is 17.7 Å². The molecule has 1 amide bonds. The third-order valence-corrected chi connectivity index (χ3v) is 3.80. The molecule has 1 heterocycles. The average Bonchev–Trinajstić information content (AvgIpc) is 3.11. The zero-order chi connectivity index (χ0) is 18.0. The van der Waals surface area contributed by atoms with Crippen LogP contribution in [0.15, 0.2) is 42.7 Å². The lowest BCUT2D eigenvalue weighted by Gasteiger charge is -2.10. The summed E-state index contributed by atoms with van der Waals surface area (Å²) in [6, 6.07) is 8.87. The molecule has 0 spiro atoms. The second kappa shape index (κ2) is 6.65. The van der Waals surface area contributed by atoms with Crippen molar-refractivity contribution in [1.29, 1.82) is 0 Å². The molecule has 3 aromatic rings. The zero-order valence-electron chi connectivity index (χ0n) is 12.9. The van der Waals surface area contributed by atoms with Gasteiger partial charge in [0.2, 0.25) is 0 Å². The summed E-state index contributed by atoms with van der Waals surface area (Å²) in [7, 11) is 0. The van der Waals surface area contributed by atoms with Crippen LogP contribution in [-0.4, -0.2) is 31.0 Å². The number of nitro groups is 1.